The van der Waals surface area contributed by atoms with E-state index in [0.29, 0.717) is 23.0 Å². The Kier molecular flexibility index (Phi) is 3.75. The number of amides is 1. The van der Waals surface area contributed by atoms with Crippen molar-refractivity contribution >= 4 is 11.6 Å². The summed E-state index contributed by atoms with van der Waals surface area (Å²) in [7, 11) is 1.56. The quantitative estimate of drug-likeness (QED) is 0.916. The van der Waals surface area contributed by atoms with E-state index in [1.807, 2.05) is 19.1 Å². The fourth-order valence-electron chi connectivity index (χ4n) is 1.77. The van der Waals surface area contributed by atoms with Crippen molar-refractivity contribution < 1.29 is 9.53 Å². The average molecular weight is 257 g/mol. The van der Waals surface area contributed by atoms with Gasteiger partial charge in [-0.25, -0.2) is 9.97 Å². The Bertz CT molecular complexity index is 591. The van der Waals surface area contributed by atoms with Crippen LogP contribution in [-0.2, 0) is 0 Å². The van der Waals surface area contributed by atoms with Crippen LogP contribution in [0.3, 0.4) is 0 Å². The summed E-state index contributed by atoms with van der Waals surface area (Å²) in [4.78, 5) is 20.4. The fraction of sp³-hybridized carbons (Fsp3) is 0.214. The number of para-hydroxylation sites is 2. The predicted molar refractivity (Wildman–Crippen MR) is 72.5 cm³/mol. The van der Waals surface area contributed by atoms with E-state index in [9.17, 15) is 4.79 Å². The van der Waals surface area contributed by atoms with Gasteiger partial charge in [0.1, 0.15) is 17.3 Å². The van der Waals surface area contributed by atoms with E-state index in [4.69, 9.17) is 4.74 Å². The molecular formula is C14H15N3O2. The molecule has 2 aromatic rings. The van der Waals surface area contributed by atoms with Crippen LogP contribution in [0.25, 0.3) is 0 Å². The lowest BCUT2D eigenvalue weighted by Crippen LogP contribution is -2.15. The van der Waals surface area contributed by atoms with Crippen molar-refractivity contribution in [3.63, 3.8) is 0 Å². The van der Waals surface area contributed by atoms with Crippen LogP contribution in [0.1, 0.15) is 22.0 Å². The first kappa shape index (κ1) is 13.0. The summed E-state index contributed by atoms with van der Waals surface area (Å²) in [6.45, 7) is 3.58. The third kappa shape index (κ3) is 3.07. The van der Waals surface area contributed by atoms with Crippen molar-refractivity contribution in [3.05, 3.63) is 47.5 Å². The molecule has 0 radical (unpaired) electrons. The molecule has 19 heavy (non-hydrogen) atoms. The summed E-state index contributed by atoms with van der Waals surface area (Å²) in [5.74, 6) is 0.904. The molecule has 0 unspecified atom stereocenters. The van der Waals surface area contributed by atoms with Gasteiger partial charge in [0.2, 0.25) is 0 Å². The molecule has 0 bridgehead atoms. The van der Waals surface area contributed by atoms with Gasteiger partial charge in [0, 0.05) is 5.69 Å². The van der Waals surface area contributed by atoms with E-state index in [0.717, 1.165) is 5.69 Å². The highest BCUT2D eigenvalue weighted by molar-refractivity contribution is 6.03. The minimum absolute atomic E-state index is 0.280. The number of hydrogen-bond donors (Lipinski definition) is 1. The molecule has 0 atom stereocenters. The molecule has 1 aromatic carbocycles. The minimum Gasteiger partial charge on any atom is -0.495 e. The van der Waals surface area contributed by atoms with Crippen LogP contribution in [-0.4, -0.2) is 23.0 Å². The number of nitrogens with zero attached hydrogens (tertiary/aromatic N) is 2. The first-order valence-corrected chi connectivity index (χ1v) is 5.87. The Balaban J connectivity index is 2.25. The first-order chi connectivity index (χ1) is 9.10. The highest BCUT2D eigenvalue weighted by atomic mass is 16.5. The number of carbonyl (C=O) groups is 1. The lowest BCUT2D eigenvalue weighted by atomic mass is 10.2. The van der Waals surface area contributed by atoms with Gasteiger partial charge in [-0.15, -0.1) is 0 Å². The van der Waals surface area contributed by atoms with Gasteiger partial charge in [-0.3, -0.25) is 4.79 Å². The maximum Gasteiger partial charge on any atom is 0.274 e. The summed E-state index contributed by atoms with van der Waals surface area (Å²) < 4.78 is 5.18. The zero-order valence-corrected chi connectivity index (χ0v) is 11.1. The highest BCUT2D eigenvalue weighted by Gasteiger charge is 2.11. The molecule has 1 heterocycles. The molecule has 0 aliphatic carbocycles. The number of aromatic nitrogens is 2. The molecule has 1 amide bonds. The minimum atomic E-state index is -0.280. The second-order valence-corrected chi connectivity index (χ2v) is 4.10. The van der Waals surface area contributed by atoms with Crippen molar-refractivity contribution in [1.82, 2.24) is 9.97 Å². The maximum atomic E-state index is 12.1. The largest absolute Gasteiger partial charge is 0.495 e. The molecule has 0 saturated heterocycles. The van der Waals surface area contributed by atoms with Crippen molar-refractivity contribution in [2.24, 2.45) is 0 Å². The van der Waals surface area contributed by atoms with E-state index in [1.165, 1.54) is 0 Å². The molecule has 98 valence electrons. The summed E-state index contributed by atoms with van der Waals surface area (Å²) >= 11 is 0. The monoisotopic (exact) mass is 257 g/mol. The number of benzene rings is 1. The van der Waals surface area contributed by atoms with Crippen molar-refractivity contribution in [3.8, 4) is 5.75 Å². The number of hydrogen-bond acceptors (Lipinski definition) is 4. The van der Waals surface area contributed by atoms with E-state index >= 15 is 0 Å². The molecule has 0 saturated carbocycles. The highest BCUT2D eigenvalue weighted by Crippen LogP contribution is 2.23. The fourth-order valence-corrected chi connectivity index (χ4v) is 1.77. The molecule has 5 heteroatoms. The van der Waals surface area contributed by atoms with E-state index in [2.05, 4.69) is 15.3 Å². The molecule has 1 aromatic heterocycles. The summed E-state index contributed by atoms with van der Waals surface area (Å²) in [6, 6.07) is 8.88. The SMILES string of the molecule is COc1ccccc1NC(=O)c1cc(C)nc(C)n1. The summed E-state index contributed by atoms with van der Waals surface area (Å²) in [5.41, 5.74) is 1.72. The van der Waals surface area contributed by atoms with Crippen LogP contribution < -0.4 is 10.1 Å². The molecule has 0 spiro atoms. The Morgan fingerprint density at radius 1 is 1.21 bits per heavy atom. The molecule has 2 rings (SSSR count). The first-order valence-electron chi connectivity index (χ1n) is 5.87. The third-order valence-electron chi connectivity index (χ3n) is 2.55. The predicted octanol–water partition coefficient (Wildman–Crippen LogP) is 2.35. The third-order valence-corrected chi connectivity index (χ3v) is 2.55. The number of ether oxygens (including phenoxy) is 1. The number of anilines is 1. The smallest absolute Gasteiger partial charge is 0.274 e. The maximum absolute atomic E-state index is 12.1. The van der Waals surface area contributed by atoms with Gasteiger partial charge >= 0.3 is 0 Å². The zero-order chi connectivity index (χ0) is 13.8. The summed E-state index contributed by atoms with van der Waals surface area (Å²) in [6.07, 6.45) is 0. The molecule has 0 fully saturated rings. The van der Waals surface area contributed by atoms with Gasteiger partial charge in [-0.2, -0.15) is 0 Å². The normalized spacial score (nSPS) is 10.1. The van der Waals surface area contributed by atoms with Gasteiger partial charge in [-0.05, 0) is 32.0 Å². The van der Waals surface area contributed by atoms with Crippen molar-refractivity contribution in [2.45, 2.75) is 13.8 Å². The Morgan fingerprint density at radius 3 is 2.63 bits per heavy atom. The molecule has 1 N–H and O–H groups in total. The standard InChI is InChI=1S/C14H15N3O2/c1-9-8-12(16-10(2)15-9)14(18)17-11-6-4-5-7-13(11)19-3/h4-8H,1-3H3,(H,17,18). The van der Waals surface area contributed by atoms with Gasteiger partial charge in [0.25, 0.3) is 5.91 Å². The van der Waals surface area contributed by atoms with Gasteiger partial charge in [0.15, 0.2) is 0 Å². The van der Waals surface area contributed by atoms with Crippen LogP contribution in [0.4, 0.5) is 5.69 Å². The topological polar surface area (TPSA) is 64.1 Å². The van der Waals surface area contributed by atoms with Crippen LogP contribution in [0.15, 0.2) is 30.3 Å². The number of aryl methyl sites for hydroxylation is 2. The molecule has 0 aliphatic heterocycles. The lowest BCUT2D eigenvalue weighted by molar-refractivity contribution is 0.102. The van der Waals surface area contributed by atoms with Crippen molar-refractivity contribution in [2.75, 3.05) is 12.4 Å². The average Bonchev–Trinajstić information content (AvgIpc) is 2.38. The van der Waals surface area contributed by atoms with Crippen LogP contribution in [0, 0.1) is 13.8 Å². The zero-order valence-electron chi connectivity index (χ0n) is 11.1. The second-order valence-electron chi connectivity index (χ2n) is 4.10. The van der Waals surface area contributed by atoms with Crippen molar-refractivity contribution in [1.29, 1.82) is 0 Å². The second kappa shape index (κ2) is 5.48. The van der Waals surface area contributed by atoms with Gasteiger partial charge < -0.3 is 10.1 Å². The lowest BCUT2D eigenvalue weighted by Gasteiger charge is -2.09. The van der Waals surface area contributed by atoms with E-state index in [1.54, 1.807) is 32.2 Å². The van der Waals surface area contributed by atoms with Crippen LogP contribution in [0.5, 0.6) is 5.75 Å². The number of rotatable bonds is 3. The number of methoxy groups -OCH3 is 1. The van der Waals surface area contributed by atoms with Crippen LogP contribution in [0.2, 0.25) is 0 Å². The number of carbonyl (C=O) groups excluding carboxylic acids is 1. The number of nitrogens with one attached hydrogen (secondary N) is 1. The summed E-state index contributed by atoms with van der Waals surface area (Å²) in [5, 5.41) is 2.78. The van der Waals surface area contributed by atoms with Gasteiger partial charge in [0.05, 0.1) is 12.8 Å². The van der Waals surface area contributed by atoms with Gasteiger partial charge in [-0.1, -0.05) is 12.1 Å². The van der Waals surface area contributed by atoms with E-state index in [-0.39, 0.29) is 5.91 Å². The molecule has 5 nitrogen and oxygen atoms in total. The van der Waals surface area contributed by atoms with Crippen LogP contribution >= 0.6 is 0 Å². The Hall–Kier alpha value is -2.43. The molecular weight excluding hydrogens is 242 g/mol. The Morgan fingerprint density at radius 2 is 1.95 bits per heavy atom. The Labute approximate surface area is 111 Å². The molecule has 0 aliphatic rings. The van der Waals surface area contributed by atoms with E-state index < -0.39 is 0 Å².